The highest BCUT2D eigenvalue weighted by atomic mass is 16.5. The van der Waals surface area contributed by atoms with Crippen LogP contribution in [0.5, 0.6) is 11.5 Å². The van der Waals surface area contributed by atoms with Gasteiger partial charge in [-0.15, -0.1) is 0 Å². The van der Waals surface area contributed by atoms with Gasteiger partial charge in [0.25, 0.3) is 0 Å². The maximum Gasteiger partial charge on any atom is 0.227 e. The predicted octanol–water partition coefficient (Wildman–Crippen LogP) is 3.82. The van der Waals surface area contributed by atoms with Crippen LogP contribution < -0.4 is 20.1 Å². The molecule has 0 aromatic heterocycles. The number of ether oxygens (including phenoxy) is 2. The van der Waals surface area contributed by atoms with E-state index >= 15 is 0 Å². The minimum Gasteiger partial charge on any atom is -0.493 e. The molecule has 6 heteroatoms. The van der Waals surface area contributed by atoms with Crippen LogP contribution >= 0.6 is 0 Å². The zero-order valence-corrected chi connectivity index (χ0v) is 16.7. The number of amidine groups is 1. The standard InChI is InChI=1S/C23H27N3O3/c1-28-20-10-9-15(12-21(20)29-19-7-2-3-8-19)17-13-22(27)26(14-17)18-6-4-5-16(11-18)23(24)25/h4-6,9-12,17,19H,2-3,7-8,13-14H2,1H3,(H3,24,25)/t17-/m1/s1. The topological polar surface area (TPSA) is 88.6 Å². The van der Waals surface area contributed by atoms with Crippen molar-refractivity contribution in [2.75, 3.05) is 18.6 Å². The van der Waals surface area contributed by atoms with Gasteiger partial charge in [0.05, 0.1) is 13.2 Å². The Hall–Kier alpha value is -3.02. The average molecular weight is 393 g/mol. The first-order valence-corrected chi connectivity index (χ1v) is 10.1. The number of carbonyl (C=O) groups excluding carboxylic acids is 1. The second-order valence-electron chi connectivity index (χ2n) is 7.80. The third-order valence-corrected chi connectivity index (χ3v) is 5.85. The van der Waals surface area contributed by atoms with Crippen LogP contribution in [0.3, 0.4) is 0 Å². The second kappa shape index (κ2) is 8.15. The molecule has 2 aromatic carbocycles. The SMILES string of the molecule is COc1ccc([C@@H]2CC(=O)N(c3cccc(C(=N)N)c3)C2)cc1OC1CCCC1. The summed E-state index contributed by atoms with van der Waals surface area (Å²) in [4.78, 5) is 14.5. The Labute approximate surface area is 171 Å². The third kappa shape index (κ3) is 4.06. The molecule has 0 unspecified atom stereocenters. The zero-order valence-electron chi connectivity index (χ0n) is 16.7. The molecule has 1 saturated carbocycles. The van der Waals surface area contributed by atoms with Gasteiger partial charge in [-0.3, -0.25) is 10.2 Å². The van der Waals surface area contributed by atoms with E-state index in [0.717, 1.165) is 35.6 Å². The van der Waals surface area contributed by atoms with Crippen molar-refractivity contribution in [3.63, 3.8) is 0 Å². The second-order valence-corrected chi connectivity index (χ2v) is 7.80. The van der Waals surface area contributed by atoms with Crippen LogP contribution in [0, 0.1) is 5.41 Å². The van der Waals surface area contributed by atoms with Crippen molar-refractivity contribution < 1.29 is 14.3 Å². The number of anilines is 1. The summed E-state index contributed by atoms with van der Waals surface area (Å²) >= 11 is 0. The molecule has 4 rings (SSSR count). The number of hydrogen-bond donors (Lipinski definition) is 2. The molecule has 1 aliphatic heterocycles. The van der Waals surface area contributed by atoms with E-state index in [-0.39, 0.29) is 23.8 Å². The summed E-state index contributed by atoms with van der Waals surface area (Å²) in [7, 11) is 1.65. The Morgan fingerprint density at radius 2 is 1.93 bits per heavy atom. The predicted molar refractivity (Wildman–Crippen MR) is 113 cm³/mol. The minimum atomic E-state index is -0.00102. The fourth-order valence-corrected chi connectivity index (χ4v) is 4.25. The Bertz CT molecular complexity index is 921. The van der Waals surface area contributed by atoms with Crippen LogP contribution in [-0.4, -0.2) is 31.5 Å². The quantitative estimate of drug-likeness (QED) is 0.577. The van der Waals surface area contributed by atoms with Crippen molar-refractivity contribution in [1.82, 2.24) is 0 Å². The number of carbonyl (C=O) groups is 1. The maximum absolute atomic E-state index is 12.7. The molecule has 29 heavy (non-hydrogen) atoms. The Balaban J connectivity index is 1.55. The first kappa shape index (κ1) is 19.3. The number of nitrogens with two attached hydrogens (primary N) is 1. The van der Waals surface area contributed by atoms with Gasteiger partial charge in [0.2, 0.25) is 5.91 Å². The van der Waals surface area contributed by atoms with Crippen LogP contribution in [0.2, 0.25) is 0 Å². The smallest absolute Gasteiger partial charge is 0.227 e. The molecule has 2 fully saturated rings. The fourth-order valence-electron chi connectivity index (χ4n) is 4.25. The molecule has 1 atom stereocenters. The lowest BCUT2D eigenvalue weighted by molar-refractivity contribution is -0.117. The number of nitrogens with zero attached hydrogens (tertiary/aromatic N) is 1. The van der Waals surface area contributed by atoms with Gasteiger partial charge in [-0.1, -0.05) is 18.2 Å². The molecule has 1 saturated heterocycles. The summed E-state index contributed by atoms with van der Waals surface area (Å²) in [5.41, 5.74) is 8.08. The fraction of sp³-hybridized carbons (Fsp3) is 0.391. The van der Waals surface area contributed by atoms with Crippen LogP contribution in [0.1, 0.15) is 49.1 Å². The molecule has 0 radical (unpaired) electrons. The molecule has 6 nitrogen and oxygen atoms in total. The van der Waals surface area contributed by atoms with Crippen LogP contribution in [0.4, 0.5) is 5.69 Å². The highest BCUT2D eigenvalue weighted by molar-refractivity contribution is 6.00. The molecule has 0 spiro atoms. The summed E-state index contributed by atoms with van der Waals surface area (Å²) in [5, 5.41) is 7.63. The lowest BCUT2D eigenvalue weighted by atomic mass is 9.98. The first-order valence-electron chi connectivity index (χ1n) is 10.1. The number of methoxy groups -OCH3 is 1. The van der Waals surface area contributed by atoms with Gasteiger partial charge in [0.1, 0.15) is 5.84 Å². The summed E-state index contributed by atoms with van der Waals surface area (Å²) in [5.74, 6) is 1.65. The Kier molecular flexibility index (Phi) is 5.43. The molecular formula is C23H27N3O3. The van der Waals surface area contributed by atoms with E-state index in [1.54, 1.807) is 24.1 Å². The molecule has 3 N–H and O–H groups in total. The zero-order chi connectivity index (χ0) is 20.4. The van der Waals surface area contributed by atoms with Crippen molar-refractivity contribution in [3.05, 3.63) is 53.6 Å². The lowest BCUT2D eigenvalue weighted by Gasteiger charge is -2.20. The monoisotopic (exact) mass is 393 g/mol. The van der Waals surface area contributed by atoms with Gasteiger partial charge in [0.15, 0.2) is 11.5 Å². The van der Waals surface area contributed by atoms with Crippen LogP contribution in [0.15, 0.2) is 42.5 Å². The van der Waals surface area contributed by atoms with Crippen molar-refractivity contribution in [1.29, 1.82) is 5.41 Å². The maximum atomic E-state index is 12.7. The molecule has 1 amide bonds. The van der Waals surface area contributed by atoms with Gasteiger partial charge in [-0.25, -0.2) is 0 Å². The van der Waals surface area contributed by atoms with E-state index in [2.05, 4.69) is 0 Å². The summed E-state index contributed by atoms with van der Waals surface area (Å²) in [6, 6.07) is 13.3. The van der Waals surface area contributed by atoms with Gasteiger partial charge in [-0.2, -0.15) is 0 Å². The molecule has 2 aromatic rings. The van der Waals surface area contributed by atoms with Gasteiger partial charge >= 0.3 is 0 Å². The normalized spacial score (nSPS) is 19.6. The van der Waals surface area contributed by atoms with E-state index < -0.39 is 0 Å². The Morgan fingerprint density at radius 1 is 1.14 bits per heavy atom. The molecule has 1 aliphatic carbocycles. The summed E-state index contributed by atoms with van der Waals surface area (Å²) in [6.07, 6.45) is 5.26. The van der Waals surface area contributed by atoms with Gasteiger partial charge in [-0.05, 0) is 55.5 Å². The van der Waals surface area contributed by atoms with E-state index in [0.29, 0.717) is 18.5 Å². The van der Waals surface area contributed by atoms with Gasteiger partial charge in [0, 0.05) is 30.1 Å². The number of hydrogen-bond acceptors (Lipinski definition) is 4. The van der Waals surface area contributed by atoms with E-state index in [4.69, 9.17) is 20.6 Å². The number of nitrogen functional groups attached to an aromatic ring is 1. The average Bonchev–Trinajstić information content (AvgIpc) is 3.37. The lowest BCUT2D eigenvalue weighted by Crippen LogP contribution is -2.24. The van der Waals surface area contributed by atoms with E-state index in [9.17, 15) is 4.79 Å². The highest BCUT2D eigenvalue weighted by Crippen LogP contribution is 2.38. The van der Waals surface area contributed by atoms with Crippen LogP contribution in [0.25, 0.3) is 0 Å². The van der Waals surface area contributed by atoms with E-state index in [1.807, 2.05) is 30.3 Å². The van der Waals surface area contributed by atoms with Gasteiger partial charge < -0.3 is 20.1 Å². The highest BCUT2D eigenvalue weighted by Gasteiger charge is 2.32. The van der Waals surface area contributed by atoms with Crippen molar-refractivity contribution in [2.24, 2.45) is 5.73 Å². The summed E-state index contributed by atoms with van der Waals surface area (Å²) in [6.45, 7) is 0.593. The first-order chi connectivity index (χ1) is 14.0. The number of nitrogens with one attached hydrogen (secondary N) is 1. The Morgan fingerprint density at radius 3 is 2.66 bits per heavy atom. The molecular weight excluding hydrogens is 366 g/mol. The minimum absolute atomic E-state index is 0.00102. The molecule has 152 valence electrons. The van der Waals surface area contributed by atoms with Crippen molar-refractivity contribution >= 4 is 17.4 Å². The summed E-state index contributed by atoms with van der Waals surface area (Å²) < 4.78 is 11.7. The molecule has 0 bridgehead atoms. The largest absolute Gasteiger partial charge is 0.493 e. The molecule has 1 heterocycles. The van der Waals surface area contributed by atoms with Crippen molar-refractivity contribution in [2.45, 2.75) is 44.1 Å². The number of rotatable bonds is 6. The van der Waals surface area contributed by atoms with Crippen molar-refractivity contribution in [3.8, 4) is 11.5 Å². The molecule has 2 aliphatic rings. The number of amides is 1. The van der Waals surface area contributed by atoms with E-state index in [1.165, 1.54) is 12.8 Å². The van der Waals surface area contributed by atoms with Crippen LogP contribution in [-0.2, 0) is 4.79 Å². The number of benzene rings is 2. The third-order valence-electron chi connectivity index (χ3n) is 5.85.